The lowest BCUT2D eigenvalue weighted by Crippen LogP contribution is -2.40. The van der Waals surface area contributed by atoms with Crippen LogP contribution in [0.5, 0.6) is 0 Å². The number of rotatable bonds is 7. The third kappa shape index (κ3) is 4.14. The second-order valence-corrected chi connectivity index (χ2v) is 5.96. The lowest BCUT2D eigenvalue weighted by molar-refractivity contribution is -0.139. The summed E-state index contributed by atoms with van der Waals surface area (Å²) in [4.78, 5) is 23.9. The van der Waals surface area contributed by atoms with E-state index < -0.39 is 17.9 Å². The van der Waals surface area contributed by atoms with Crippen molar-refractivity contribution in [3.05, 3.63) is 41.0 Å². The third-order valence-corrected chi connectivity index (χ3v) is 3.98. The molecular weight excluding hydrogens is 330 g/mol. The first-order chi connectivity index (χ1) is 11.4. The van der Waals surface area contributed by atoms with Gasteiger partial charge in [0.2, 0.25) is 0 Å². The Morgan fingerprint density at radius 3 is 2.71 bits per heavy atom. The van der Waals surface area contributed by atoms with Crippen molar-refractivity contribution in [1.82, 2.24) is 15.1 Å². The predicted octanol–water partition coefficient (Wildman–Crippen LogP) is 3.11. The highest BCUT2D eigenvalue weighted by Gasteiger charge is 2.24. The zero-order valence-corrected chi connectivity index (χ0v) is 14.4. The quantitative estimate of drug-likeness (QED) is 0.804. The summed E-state index contributed by atoms with van der Waals surface area (Å²) in [7, 11) is 1.70. The van der Waals surface area contributed by atoms with E-state index in [1.54, 1.807) is 37.5 Å². The van der Waals surface area contributed by atoms with E-state index in [0.29, 0.717) is 28.3 Å². The fourth-order valence-electron chi connectivity index (χ4n) is 2.41. The van der Waals surface area contributed by atoms with E-state index in [0.717, 1.165) is 12.8 Å². The Labute approximate surface area is 145 Å². The molecule has 0 unspecified atom stereocenters. The number of carboxylic acids is 1. The van der Waals surface area contributed by atoms with Gasteiger partial charge in [0.05, 0.1) is 10.6 Å². The van der Waals surface area contributed by atoms with Gasteiger partial charge in [-0.3, -0.25) is 9.48 Å². The smallest absolute Gasteiger partial charge is 0.326 e. The molecule has 0 spiro atoms. The normalized spacial score (nSPS) is 12.0. The summed E-state index contributed by atoms with van der Waals surface area (Å²) in [5, 5.41) is 16.6. The van der Waals surface area contributed by atoms with E-state index in [2.05, 4.69) is 10.4 Å². The second kappa shape index (κ2) is 7.97. The number of hydrogen-bond acceptors (Lipinski definition) is 3. The molecule has 0 aliphatic rings. The molecule has 2 rings (SSSR count). The highest BCUT2D eigenvalue weighted by Crippen LogP contribution is 2.29. The van der Waals surface area contributed by atoms with E-state index in [9.17, 15) is 14.7 Å². The van der Waals surface area contributed by atoms with Crippen LogP contribution in [0, 0.1) is 0 Å². The third-order valence-electron chi connectivity index (χ3n) is 3.65. The van der Waals surface area contributed by atoms with Gasteiger partial charge in [-0.1, -0.05) is 49.6 Å². The van der Waals surface area contributed by atoms with Crippen molar-refractivity contribution in [3.63, 3.8) is 0 Å². The van der Waals surface area contributed by atoms with Crippen molar-refractivity contribution < 1.29 is 14.7 Å². The molecule has 0 saturated carbocycles. The molecule has 1 aromatic heterocycles. The topological polar surface area (TPSA) is 84.2 Å². The molecule has 1 aromatic carbocycles. The van der Waals surface area contributed by atoms with E-state index in [1.807, 2.05) is 6.92 Å². The first-order valence-corrected chi connectivity index (χ1v) is 8.14. The summed E-state index contributed by atoms with van der Waals surface area (Å²) >= 11 is 6.19. The van der Waals surface area contributed by atoms with Crippen LogP contribution in [-0.2, 0) is 11.8 Å². The van der Waals surface area contributed by atoms with Gasteiger partial charge in [0.1, 0.15) is 11.7 Å². The number of carbonyl (C=O) groups excluding carboxylic acids is 1. The summed E-state index contributed by atoms with van der Waals surface area (Å²) in [5.74, 6) is -1.51. The number of aromatic nitrogens is 2. The maximum atomic E-state index is 12.6. The molecule has 1 heterocycles. The Bertz CT molecular complexity index is 742. The van der Waals surface area contributed by atoms with Crippen LogP contribution in [-0.4, -0.2) is 32.8 Å². The average Bonchev–Trinajstić information content (AvgIpc) is 2.93. The lowest BCUT2D eigenvalue weighted by Gasteiger charge is -2.14. The minimum absolute atomic E-state index is 0.299. The van der Waals surface area contributed by atoms with Crippen LogP contribution in [0.4, 0.5) is 0 Å². The molecule has 7 heteroatoms. The number of halogens is 1. The molecule has 1 atom stereocenters. The van der Waals surface area contributed by atoms with Crippen LogP contribution in [0.25, 0.3) is 11.3 Å². The van der Waals surface area contributed by atoms with Gasteiger partial charge in [-0.15, -0.1) is 0 Å². The molecule has 0 radical (unpaired) electrons. The Hall–Kier alpha value is -2.34. The Morgan fingerprint density at radius 1 is 1.38 bits per heavy atom. The van der Waals surface area contributed by atoms with Gasteiger partial charge in [-0.25, -0.2) is 4.79 Å². The highest BCUT2D eigenvalue weighted by molar-refractivity contribution is 6.33. The number of unbranched alkanes of at least 4 members (excludes halogenated alkanes) is 1. The minimum Gasteiger partial charge on any atom is -0.480 e. The first-order valence-electron chi connectivity index (χ1n) is 7.76. The van der Waals surface area contributed by atoms with Gasteiger partial charge < -0.3 is 10.4 Å². The molecule has 0 aliphatic heterocycles. The fraction of sp³-hybridized carbons (Fsp3) is 0.353. The van der Waals surface area contributed by atoms with Crippen molar-refractivity contribution in [1.29, 1.82) is 0 Å². The van der Waals surface area contributed by atoms with Crippen LogP contribution in [0.2, 0.25) is 5.02 Å². The monoisotopic (exact) mass is 349 g/mol. The van der Waals surface area contributed by atoms with Gasteiger partial charge >= 0.3 is 5.97 Å². The molecule has 24 heavy (non-hydrogen) atoms. The van der Waals surface area contributed by atoms with Gasteiger partial charge in [-0.05, 0) is 12.5 Å². The molecule has 128 valence electrons. The maximum Gasteiger partial charge on any atom is 0.326 e. The lowest BCUT2D eigenvalue weighted by atomic mass is 10.1. The van der Waals surface area contributed by atoms with Crippen molar-refractivity contribution in [2.24, 2.45) is 7.05 Å². The molecule has 2 N–H and O–H groups in total. The number of carboxylic acid groups (broad SMARTS) is 1. The number of nitrogens with one attached hydrogen (secondary N) is 1. The van der Waals surface area contributed by atoms with Crippen LogP contribution in [0.3, 0.4) is 0 Å². The van der Waals surface area contributed by atoms with Gasteiger partial charge in [0, 0.05) is 18.8 Å². The molecule has 0 aliphatic carbocycles. The summed E-state index contributed by atoms with van der Waals surface area (Å²) in [6.45, 7) is 1.97. The van der Waals surface area contributed by atoms with Gasteiger partial charge in [0.15, 0.2) is 0 Å². The Morgan fingerprint density at radius 2 is 2.08 bits per heavy atom. The summed E-state index contributed by atoms with van der Waals surface area (Å²) in [5.41, 5.74) is 1.36. The fourth-order valence-corrected chi connectivity index (χ4v) is 2.63. The number of nitrogens with zero attached hydrogens (tertiary/aromatic N) is 2. The molecule has 2 aromatic rings. The number of benzene rings is 1. The van der Waals surface area contributed by atoms with Crippen LogP contribution < -0.4 is 5.32 Å². The van der Waals surface area contributed by atoms with Gasteiger partial charge in [-0.2, -0.15) is 5.10 Å². The van der Waals surface area contributed by atoms with Crippen LogP contribution in [0.1, 0.15) is 36.5 Å². The average molecular weight is 350 g/mol. The largest absolute Gasteiger partial charge is 0.480 e. The van der Waals surface area contributed by atoms with Crippen molar-refractivity contribution in [2.75, 3.05) is 0 Å². The highest BCUT2D eigenvalue weighted by atomic mass is 35.5. The minimum atomic E-state index is -1.04. The number of aliphatic carboxylic acids is 1. The molecule has 1 amide bonds. The van der Waals surface area contributed by atoms with Crippen molar-refractivity contribution in [2.45, 2.75) is 32.2 Å². The molecular formula is C17H20ClN3O3. The first kappa shape index (κ1) is 18.0. The van der Waals surface area contributed by atoms with E-state index in [-0.39, 0.29) is 0 Å². The van der Waals surface area contributed by atoms with Crippen LogP contribution in [0.15, 0.2) is 30.5 Å². The van der Waals surface area contributed by atoms with E-state index >= 15 is 0 Å². The van der Waals surface area contributed by atoms with E-state index in [1.165, 1.54) is 4.68 Å². The summed E-state index contributed by atoms with van der Waals surface area (Å²) in [6.07, 6.45) is 3.53. The molecule has 0 fully saturated rings. The number of aryl methyl sites for hydroxylation is 1. The number of hydrogen-bond donors (Lipinski definition) is 2. The zero-order chi connectivity index (χ0) is 17.7. The van der Waals surface area contributed by atoms with Crippen molar-refractivity contribution >= 4 is 23.5 Å². The molecule has 6 nitrogen and oxygen atoms in total. The predicted molar refractivity (Wildman–Crippen MR) is 92.1 cm³/mol. The maximum absolute atomic E-state index is 12.6. The molecule has 0 bridgehead atoms. The van der Waals surface area contributed by atoms with Crippen LogP contribution >= 0.6 is 11.6 Å². The second-order valence-electron chi connectivity index (χ2n) is 5.55. The number of amides is 1. The Kier molecular flexibility index (Phi) is 5.98. The summed E-state index contributed by atoms with van der Waals surface area (Å²) < 4.78 is 1.51. The molecule has 0 saturated heterocycles. The summed E-state index contributed by atoms with van der Waals surface area (Å²) in [6, 6.07) is 6.16. The number of carbonyl (C=O) groups is 2. The van der Waals surface area contributed by atoms with Gasteiger partial charge in [0.25, 0.3) is 5.91 Å². The SMILES string of the molecule is CCCC[C@H](NC(=O)c1cn(C)nc1-c1ccccc1Cl)C(=O)O. The van der Waals surface area contributed by atoms with E-state index in [4.69, 9.17) is 11.6 Å². The standard InChI is InChI=1S/C17H20ClN3O3/c1-3-4-9-14(17(23)24)19-16(22)12-10-21(2)20-15(12)11-7-5-6-8-13(11)18/h5-8,10,14H,3-4,9H2,1-2H3,(H,19,22)(H,23,24)/t14-/m0/s1. The zero-order valence-electron chi connectivity index (χ0n) is 13.6. The van der Waals surface area contributed by atoms with Crippen molar-refractivity contribution in [3.8, 4) is 11.3 Å². The Balaban J connectivity index is 2.30.